The van der Waals surface area contributed by atoms with Gasteiger partial charge in [0.05, 0.1) is 0 Å². The predicted octanol–water partition coefficient (Wildman–Crippen LogP) is 2.71. The number of allylic oxidation sites excluding steroid dienone is 2. The van der Waals surface area contributed by atoms with Gasteiger partial charge >= 0.3 is 0 Å². The lowest BCUT2D eigenvalue weighted by Gasteiger charge is -2.40. The normalized spacial score (nSPS) is 22.1. The summed E-state index contributed by atoms with van der Waals surface area (Å²) in [5.74, 6) is 1.62. The number of likely N-dealkylation sites (tertiary alicyclic amines) is 1. The zero-order valence-corrected chi connectivity index (χ0v) is 14.4. The van der Waals surface area contributed by atoms with Crippen LogP contribution in [0.25, 0.3) is 0 Å². The second kappa shape index (κ2) is 6.54. The van der Waals surface area contributed by atoms with Crippen LogP contribution in [0, 0.1) is 12.8 Å². The molecule has 5 heteroatoms. The molecule has 24 heavy (non-hydrogen) atoms. The Bertz CT molecular complexity index is 624. The van der Waals surface area contributed by atoms with Crippen molar-refractivity contribution in [2.45, 2.75) is 57.5 Å². The summed E-state index contributed by atoms with van der Waals surface area (Å²) < 4.78 is 0. The fourth-order valence-corrected chi connectivity index (χ4v) is 4.05. The zero-order chi connectivity index (χ0) is 16.5. The maximum absolute atomic E-state index is 12.6. The molecular weight excluding hydrogens is 300 g/mol. The maximum Gasteiger partial charge on any atom is 0.226 e. The Labute approximate surface area is 143 Å². The standard InChI is InChI=1S/C19H26N4O/c1-14-12-18(21-13-20-14)23(16-6-7-16)17-8-10-22(11-9-17)19(24)15-4-2-3-5-15/h2-3,12-13,15-17H,4-11H2,1H3. The third kappa shape index (κ3) is 3.17. The summed E-state index contributed by atoms with van der Waals surface area (Å²) in [6.45, 7) is 3.79. The highest BCUT2D eigenvalue weighted by Crippen LogP contribution is 2.35. The van der Waals surface area contributed by atoms with Crippen molar-refractivity contribution in [3.63, 3.8) is 0 Å². The molecule has 1 amide bonds. The van der Waals surface area contributed by atoms with Gasteiger partial charge in [0.25, 0.3) is 0 Å². The summed E-state index contributed by atoms with van der Waals surface area (Å²) in [5.41, 5.74) is 1.02. The van der Waals surface area contributed by atoms with Crippen LogP contribution in [0.2, 0.25) is 0 Å². The molecule has 4 rings (SSSR count). The molecule has 2 fully saturated rings. The van der Waals surface area contributed by atoms with E-state index in [0.29, 0.717) is 18.0 Å². The molecule has 0 unspecified atom stereocenters. The summed E-state index contributed by atoms with van der Waals surface area (Å²) in [6.07, 6.45) is 12.4. The number of carbonyl (C=O) groups is 1. The van der Waals surface area contributed by atoms with E-state index >= 15 is 0 Å². The summed E-state index contributed by atoms with van der Waals surface area (Å²) in [5, 5.41) is 0. The van der Waals surface area contributed by atoms with Crippen molar-refractivity contribution in [2.75, 3.05) is 18.0 Å². The first-order chi connectivity index (χ1) is 11.7. The third-order valence-corrected chi connectivity index (χ3v) is 5.52. The van der Waals surface area contributed by atoms with E-state index in [1.54, 1.807) is 6.33 Å². The van der Waals surface area contributed by atoms with E-state index in [2.05, 4.69) is 38.0 Å². The van der Waals surface area contributed by atoms with E-state index < -0.39 is 0 Å². The molecule has 1 aliphatic heterocycles. The fraction of sp³-hybridized carbons (Fsp3) is 0.632. The first-order valence-corrected chi connectivity index (χ1v) is 9.23. The SMILES string of the molecule is Cc1cc(N(C2CC2)C2CCN(C(=O)C3CC=CC3)CC2)ncn1. The lowest BCUT2D eigenvalue weighted by Crippen LogP contribution is -2.49. The second-order valence-corrected chi connectivity index (χ2v) is 7.35. The van der Waals surface area contributed by atoms with Crippen molar-refractivity contribution in [3.8, 4) is 0 Å². The van der Waals surface area contributed by atoms with E-state index in [0.717, 1.165) is 50.3 Å². The number of nitrogens with zero attached hydrogens (tertiary/aromatic N) is 4. The molecule has 1 aromatic heterocycles. The van der Waals surface area contributed by atoms with Gasteiger partial charge in [-0.25, -0.2) is 9.97 Å². The highest BCUT2D eigenvalue weighted by Gasteiger charge is 2.37. The molecule has 5 nitrogen and oxygen atoms in total. The Morgan fingerprint density at radius 2 is 1.75 bits per heavy atom. The number of aromatic nitrogens is 2. The van der Waals surface area contributed by atoms with Crippen molar-refractivity contribution in [1.82, 2.24) is 14.9 Å². The lowest BCUT2D eigenvalue weighted by atomic mass is 9.99. The van der Waals surface area contributed by atoms with Crippen LogP contribution in [-0.4, -0.2) is 45.9 Å². The van der Waals surface area contributed by atoms with Crippen LogP contribution in [0.4, 0.5) is 5.82 Å². The number of anilines is 1. The summed E-state index contributed by atoms with van der Waals surface area (Å²) >= 11 is 0. The summed E-state index contributed by atoms with van der Waals surface area (Å²) in [6, 6.07) is 3.23. The first kappa shape index (κ1) is 15.6. The van der Waals surface area contributed by atoms with E-state index in [9.17, 15) is 4.79 Å². The predicted molar refractivity (Wildman–Crippen MR) is 93.7 cm³/mol. The van der Waals surface area contributed by atoms with Crippen LogP contribution < -0.4 is 4.90 Å². The van der Waals surface area contributed by atoms with Gasteiger partial charge in [-0.15, -0.1) is 0 Å². The fourth-order valence-electron chi connectivity index (χ4n) is 4.05. The molecule has 0 radical (unpaired) electrons. The summed E-state index contributed by atoms with van der Waals surface area (Å²) in [7, 11) is 0. The van der Waals surface area contributed by atoms with E-state index in [-0.39, 0.29) is 5.92 Å². The quantitative estimate of drug-likeness (QED) is 0.798. The maximum atomic E-state index is 12.6. The van der Waals surface area contributed by atoms with Crippen molar-refractivity contribution in [2.24, 2.45) is 5.92 Å². The van der Waals surface area contributed by atoms with Crippen LogP contribution in [-0.2, 0) is 4.79 Å². The molecular formula is C19H26N4O. The smallest absolute Gasteiger partial charge is 0.226 e. The molecule has 0 atom stereocenters. The van der Waals surface area contributed by atoms with Crippen molar-refractivity contribution in [3.05, 3.63) is 30.2 Å². The average Bonchev–Trinajstić information content (AvgIpc) is 3.27. The average molecular weight is 326 g/mol. The second-order valence-electron chi connectivity index (χ2n) is 7.35. The minimum absolute atomic E-state index is 0.200. The number of hydrogen-bond acceptors (Lipinski definition) is 4. The van der Waals surface area contributed by atoms with Crippen LogP contribution in [0.1, 0.15) is 44.2 Å². The van der Waals surface area contributed by atoms with Crippen LogP contribution in [0.5, 0.6) is 0 Å². The number of rotatable bonds is 4. The molecule has 0 aromatic carbocycles. The first-order valence-electron chi connectivity index (χ1n) is 9.23. The monoisotopic (exact) mass is 326 g/mol. The van der Waals surface area contributed by atoms with Crippen molar-refractivity contribution in [1.29, 1.82) is 0 Å². The van der Waals surface area contributed by atoms with E-state index in [1.165, 1.54) is 12.8 Å². The molecule has 1 saturated carbocycles. The number of carbonyl (C=O) groups excluding carboxylic acids is 1. The third-order valence-electron chi connectivity index (χ3n) is 5.52. The minimum atomic E-state index is 0.200. The molecule has 0 bridgehead atoms. The van der Waals surface area contributed by atoms with Gasteiger partial charge in [-0.3, -0.25) is 4.79 Å². The molecule has 0 N–H and O–H groups in total. The molecule has 3 aliphatic rings. The molecule has 1 aromatic rings. The van der Waals surface area contributed by atoms with Crippen molar-refractivity contribution >= 4 is 11.7 Å². The highest BCUT2D eigenvalue weighted by atomic mass is 16.2. The minimum Gasteiger partial charge on any atom is -0.350 e. The molecule has 1 saturated heterocycles. The van der Waals surface area contributed by atoms with Crippen molar-refractivity contribution < 1.29 is 4.79 Å². The summed E-state index contributed by atoms with van der Waals surface area (Å²) in [4.78, 5) is 25.9. The van der Waals surface area contributed by atoms with E-state index in [1.807, 2.05) is 6.92 Å². The zero-order valence-electron chi connectivity index (χ0n) is 14.4. The molecule has 128 valence electrons. The Morgan fingerprint density at radius 3 is 2.38 bits per heavy atom. The van der Waals surface area contributed by atoms with Gasteiger partial charge in [-0.2, -0.15) is 0 Å². The van der Waals surface area contributed by atoms with Gasteiger partial charge in [0, 0.05) is 42.9 Å². The van der Waals surface area contributed by atoms with Gasteiger partial charge in [-0.05, 0) is 45.4 Å². The van der Waals surface area contributed by atoms with Crippen LogP contribution >= 0.6 is 0 Å². The molecule has 2 aliphatic carbocycles. The Hall–Kier alpha value is -1.91. The largest absolute Gasteiger partial charge is 0.350 e. The number of hydrogen-bond donors (Lipinski definition) is 0. The van der Waals surface area contributed by atoms with Gasteiger partial charge in [0.15, 0.2) is 0 Å². The molecule has 0 spiro atoms. The number of amides is 1. The topological polar surface area (TPSA) is 49.3 Å². The van der Waals surface area contributed by atoms with Crippen LogP contribution in [0.3, 0.4) is 0 Å². The lowest BCUT2D eigenvalue weighted by molar-refractivity contribution is -0.136. The van der Waals surface area contributed by atoms with Gasteiger partial charge in [0.2, 0.25) is 5.91 Å². The van der Waals surface area contributed by atoms with Gasteiger partial charge in [-0.1, -0.05) is 12.2 Å². The Balaban J connectivity index is 1.41. The van der Waals surface area contributed by atoms with Crippen LogP contribution in [0.15, 0.2) is 24.5 Å². The number of piperidine rings is 1. The Kier molecular flexibility index (Phi) is 4.25. The highest BCUT2D eigenvalue weighted by molar-refractivity contribution is 5.79. The van der Waals surface area contributed by atoms with E-state index in [4.69, 9.17) is 0 Å². The number of aryl methyl sites for hydroxylation is 1. The van der Waals surface area contributed by atoms with Gasteiger partial charge < -0.3 is 9.80 Å². The molecule has 2 heterocycles. The Morgan fingerprint density at radius 1 is 1.08 bits per heavy atom. The van der Waals surface area contributed by atoms with Gasteiger partial charge in [0.1, 0.15) is 12.1 Å².